The molecule has 2 heteroatoms. The normalized spacial score (nSPS) is 22.4. The number of hydrogen-bond acceptors (Lipinski definition) is 2. The molecule has 13 heavy (non-hydrogen) atoms. The van der Waals surface area contributed by atoms with E-state index in [1.165, 1.54) is 25.7 Å². The van der Waals surface area contributed by atoms with Crippen LogP contribution in [0.1, 0.15) is 46.0 Å². The van der Waals surface area contributed by atoms with E-state index in [1.807, 2.05) is 13.8 Å². The highest BCUT2D eigenvalue weighted by atomic mass is 16.5. The predicted octanol–water partition coefficient (Wildman–Crippen LogP) is 2.35. The summed E-state index contributed by atoms with van der Waals surface area (Å²) < 4.78 is 5.60. The van der Waals surface area contributed by atoms with E-state index in [9.17, 15) is 0 Å². The van der Waals surface area contributed by atoms with Crippen LogP contribution in [-0.4, -0.2) is 23.9 Å². The van der Waals surface area contributed by atoms with Crippen molar-refractivity contribution in [1.82, 2.24) is 0 Å². The van der Waals surface area contributed by atoms with Gasteiger partial charge in [-0.3, -0.25) is 0 Å². The summed E-state index contributed by atoms with van der Waals surface area (Å²) in [4.78, 5) is 0. The Labute approximate surface area is 81.3 Å². The van der Waals surface area contributed by atoms with E-state index in [0.717, 1.165) is 18.9 Å². The summed E-state index contributed by atoms with van der Waals surface area (Å²) in [7, 11) is 0. The molecule has 1 N–H and O–H groups in total. The van der Waals surface area contributed by atoms with Crippen LogP contribution in [-0.2, 0) is 4.74 Å². The first-order chi connectivity index (χ1) is 6.18. The molecule has 0 aromatic heterocycles. The van der Waals surface area contributed by atoms with Crippen molar-refractivity contribution in [1.29, 1.82) is 0 Å². The van der Waals surface area contributed by atoms with Crippen molar-refractivity contribution in [2.45, 2.75) is 58.2 Å². The fourth-order valence-electron chi connectivity index (χ4n) is 1.77. The topological polar surface area (TPSA) is 29.5 Å². The highest BCUT2D eigenvalue weighted by molar-refractivity contribution is 4.69. The Kier molecular flexibility index (Phi) is 4.74. The Morgan fingerprint density at radius 2 is 2.08 bits per heavy atom. The van der Waals surface area contributed by atoms with Crippen molar-refractivity contribution < 1.29 is 9.84 Å². The van der Waals surface area contributed by atoms with Gasteiger partial charge in [-0.2, -0.15) is 0 Å². The lowest BCUT2D eigenvalue weighted by Gasteiger charge is -2.25. The zero-order valence-corrected chi connectivity index (χ0v) is 8.83. The monoisotopic (exact) mass is 186 g/mol. The molecule has 1 aliphatic carbocycles. The van der Waals surface area contributed by atoms with Gasteiger partial charge in [0.15, 0.2) is 0 Å². The van der Waals surface area contributed by atoms with E-state index in [2.05, 4.69) is 0 Å². The van der Waals surface area contributed by atoms with Crippen molar-refractivity contribution in [3.63, 3.8) is 0 Å². The minimum atomic E-state index is -0.237. The Morgan fingerprint density at radius 3 is 2.54 bits per heavy atom. The smallest absolute Gasteiger partial charge is 0.0571 e. The molecule has 1 rings (SSSR count). The Morgan fingerprint density at radius 1 is 1.38 bits per heavy atom. The summed E-state index contributed by atoms with van der Waals surface area (Å²) in [6.45, 7) is 4.72. The van der Waals surface area contributed by atoms with Gasteiger partial charge in [0.2, 0.25) is 0 Å². The van der Waals surface area contributed by atoms with Gasteiger partial charge >= 0.3 is 0 Å². The van der Waals surface area contributed by atoms with Gasteiger partial charge in [0.05, 0.1) is 12.2 Å². The zero-order chi connectivity index (χ0) is 9.68. The number of ether oxygens (including phenoxy) is 1. The average Bonchev–Trinajstić information content (AvgIpc) is 1.92. The first kappa shape index (κ1) is 11.0. The summed E-state index contributed by atoms with van der Waals surface area (Å²) in [5, 5.41) is 9.11. The van der Waals surface area contributed by atoms with E-state index in [4.69, 9.17) is 9.84 Å². The van der Waals surface area contributed by atoms with Crippen LogP contribution in [0, 0.1) is 5.92 Å². The molecule has 0 heterocycles. The van der Waals surface area contributed by atoms with Crippen LogP contribution in [0.4, 0.5) is 0 Å². The molecule has 2 unspecified atom stereocenters. The van der Waals surface area contributed by atoms with Crippen LogP contribution in [0.25, 0.3) is 0 Å². The van der Waals surface area contributed by atoms with E-state index in [1.54, 1.807) is 0 Å². The Hall–Kier alpha value is -0.0800. The third kappa shape index (κ3) is 4.63. The maximum atomic E-state index is 9.11. The number of rotatable bonds is 6. The molecule has 0 spiro atoms. The van der Waals surface area contributed by atoms with Gasteiger partial charge in [-0.25, -0.2) is 0 Å². The molecule has 1 fully saturated rings. The lowest BCUT2D eigenvalue weighted by atomic mass is 9.83. The number of aliphatic hydroxyl groups excluding tert-OH is 1. The van der Waals surface area contributed by atoms with E-state index < -0.39 is 0 Å². The maximum Gasteiger partial charge on any atom is 0.0571 e. The molecule has 1 saturated carbocycles. The van der Waals surface area contributed by atoms with Gasteiger partial charge in [-0.1, -0.05) is 19.3 Å². The quantitative estimate of drug-likeness (QED) is 0.690. The van der Waals surface area contributed by atoms with Crippen LogP contribution >= 0.6 is 0 Å². The molecular formula is C11H22O2. The van der Waals surface area contributed by atoms with Crippen molar-refractivity contribution in [2.24, 2.45) is 5.92 Å². The Bertz CT molecular complexity index is 130. The molecule has 0 aromatic rings. The van der Waals surface area contributed by atoms with Crippen LogP contribution in [0.5, 0.6) is 0 Å². The molecule has 1 aliphatic rings. The standard InChI is InChI=1S/C11H22O2/c1-9(12)8-10(2)13-7-6-11-4-3-5-11/h9-12H,3-8H2,1-2H3. The van der Waals surface area contributed by atoms with Crippen LogP contribution in [0.3, 0.4) is 0 Å². The first-order valence-corrected chi connectivity index (χ1v) is 5.48. The third-order valence-electron chi connectivity index (χ3n) is 2.83. The maximum absolute atomic E-state index is 9.11. The molecule has 0 radical (unpaired) electrons. The summed E-state index contributed by atoms with van der Waals surface area (Å²) in [5.74, 6) is 0.929. The second-order valence-corrected chi connectivity index (χ2v) is 4.35. The van der Waals surface area contributed by atoms with E-state index in [0.29, 0.717) is 0 Å². The van der Waals surface area contributed by atoms with Gasteiger partial charge in [0.1, 0.15) is 0 Å². The Balaban J connectivity index is 1.91. The molecule has 0 saturated heterocycles. The van der Waals surface area contributed by atoms with Gasteiger partial charge in [0.25, 0.3) is 0 Å². The minimum Gasteiger partial charge on any atom is -0.393 e. The van der Waals surface area contributed by atoms with E-state index in [-0.39, 0.29) is 12.2 Å². The lowest BCUT2D eigenvalue weighted by molar-refractivity contribution is 0.0185. The molecule has 2 atom stereocenters. The van der Waals surface area contributed by atoms with Crippen molar-refractivity contribution in [2.75, 3.05) is 6.61 Å². The van der Waals surface area contributed by atoms with Crippen molar-refractivity contribution >= 4 is 0 Å². The summed E-state index contributed by atoms with van der Waals surface area (Å²) in [6, 6.07) is 0. The number of hydrogen-bond donors (Lipinski definition) is 1. The molecule has 0 aliphatic heterocycles. The highest BCUT2D eigenvalue weighted by Crippen LogP contribution is 2.29. The minimum absolute atomic E-state index is 0.208. The average molecular weight is 186 g/mol. The van der Waals surface area contributed by atoms with E-state index >= 15 is 0 Å². The van der Waals surface area contributed by atoms with Gasteiger partial charge in [-0.15, -0.1) is 0 Å². The second-order valence-electron chi connectivity index (χ2n) is 4.35. The fraction of sp³-hybridized carbons (Fsp3) is 1.00. The molecule has 78 valence electrons. The van der Waals surface area contributed by atoms with Crippen LogP contribution in [0.2, 0.25) is 0 Å². The highest BCUT2D eigenvalue weighted by Gasteiger charge is 2.17. The third-order valence-corrected chi connectivity index (χ3v) is 2.83. The van der Waals surface area contributed by atoms with Crippen LogP contribution in [0.15, 0.2) is 0 Å². The second kappa shape index (κ2) is 5.61. The number of aliphatic hydroxyl groups is 1. The summed E-state index contributed by atoms with van der Waals surface area (Å²) in [5.41, 5.74) is 0. The SMILES string of the molecule is CC(O)CC(C)OCCC1CCC1. The molecule has 0 aromatic carbocycles. The first-order valence-electron chi connectivity index (χ1n) is 5.48. The molecule has 2 nitrogen and oxygen atoms in total. The molecular weight excluding hydrogens is 164 g/mol. The largest absolute Gasteiger partial charge is 0.393 e. The van der Waals surface area contributed by atoms with Gasteiger partial charge in [-0.05, 0) is 32.6 Å². The van der Waals surface area contributed by atoms with Crippen molar-refractivity contribution in [3.05, 3.63) is 0 Å². The molecule has 0 amide bonds. The lowest BCUT2D eigenvalue weighted by Crippen LogP contribution is -2.19. The van der Waals surface area contributed by atoms with Crippen molar-refractivity contribution in [3.8, 4) is 0 Å². The molecule has 0 bridgehead atoms. The summed E-state index contributed by atoms with van der Waals surface area (Å²) in [6.07, 6.45) is 6.14. The summed E-state index contributed by atoms with van der Waals surface area (Å²) >= 11 is 0. The zero-order valence-electron chi connectivity index (χ0n) is 8.83. The predicted molar refractivity (Wildman–Crippen MR) is 53.7 cm³/mol. The van der Waals surface area contributed by atoms with Gasteiger partial charge < -0.3 is 9.84 Å². The van der Waals surface area contributed by atoms with Gasteiger partial charge in [0, 0.05) is 6.61 Å². The fourth-order valence-corrected chi connectivity index (χ4v) is 1.77. The van der Waals surface area contributed by atoms with Crippen LogP contribution < -0.4 is 0 Å².